The van der Waals surface area contributed by atoms with Gasteiger partial charge in [0, 0.05) is 6.54 Å². The molecule has 5 nitrogen and oxygen atoms in total. The standard InChI is InChI=1S/C11H21N3O2S/c1-17-10(12)14(11(15)16)9-5-8-13-6-3-2-4-7-13/h12H,2-9H2,1H3,(H,15,16). The lowest BCUT2D eigenvalue weighted by molar-refractivity contribution is 0.165. The zero-order valence-electron chi connectivity index (χ0n) is 10.3. The normalized spacial score (nSPS) is 16.8. The summed E-state index contributed by atoms with van der Waals surface area (Å²) < 4.78 is 0. The zero-order valence-corrected chi connectivity index (χ0v) is 11.1. The number of carbonyl (C=O) groups is 1. The highest BCUT2D eigenvalue weighted by Gasteiger charge is 2.17. The highest BCUT2D eigenvalue weighted by Crippen LogP contribution is 2.10. The van der Waals surface area contributed by atoms with Crippen LogP contribution in [-0.2, 0) is 0 Å². The summed E-state index contributed by atoms with van der Waals surface area (Å²) in [7, 11) is 0. The topological polar surface area (TPSA) is 67.6 Å². The molecule has 1 heterocycles. The van der Waals surface area contributed by atoms with Crippen LogP contribution in [0.4, 0.5) is 4.79 Å². The van der Waals surface area contributed by atoms with E-state index in [9.17, 15) is 4.79 Å². The van der Waals surface area contributed by atoms with Crippen molar-refractivity contribution in [1.82, 2.24) is 9.80 Å². The molecule has 1 fully saturated rings. The van der Waals surface area contributed by atoms with Crippen LogP contribution in [0.15, 0.2) is 0 Å². The summed E-state index contributed by atoms with van der Waals surface area (Å²) in [6.45, 7) is 3.62. The van der Waals surface area contributed by atoms with Gasteiger partial charge in [0.15, 0.2) is 5.17 Å². The van der Waals surface area contributed by atoms with Gasteiger partial charge >= 0.3 is 6.09 Å². The maximum Gasteiger partial charge on any atom is 0.413 e. The summed E-state index contributed by atoms with van der Waals surface area (Å²) in [5, 5.41) is 16.6. The Bertz CT molecular complexity index is 267. The van der Waals surface area contributed by atoms with Crippen LogP contribution in [0.2, 0.25) is 0 Å². The van der Waals surface area contributed by atoms with Crippen molar-refractivity contribution in [2.75, 3.05) is 32.4 Å². The number of carboxylic acid groups (broad SMARTS) is 1. The van der Waals surface area contributed by atoms with Gasteiger partial charge in [-0.05, 0) is 45.2 Å². The second-order valence-electron chi connectivity index (χ2n) is 4.20. The van der Waals surface area contributed by atoms with Crippen LogP contribution in [0.1, 0.15) is 25.7 Å². The molecule has 2 N–H and O–H groups in total. The number of amides is 1. The third-order valence-corrected chi connectivity index (χ3v) is 3.58. The van der Waals surface area contributed by atoms with E-state index in [-0.39, 0.29) is 5.17 Å². The SMILES string of the molecule is CSC(=N)N(CCCN1CCCCC1)C(=O)O. The molecule has 0 saturated carbocycles. The second kappa shape index (κ2) is 7.55. The Morgan fingerprint density at radius 3 is 2.59 bits per heavy atom. The Hall–Kier alpha value is -0.750. The smallest absolute Gasteiger partial charge is 0.413 e. The van der Waals surface area contributed by atoms with Gasteiger partial charge in [0.2, 0.25) is 0 Å². The number of amidine groups is 1. The van der Waals surface area contributed by atoms with Crippen LogP contribution in [0.5, 0.6) is 0 Å². The quantitative estimate of drug-likeness (QED) is 0.599. The number of nitrogens with one attached hydrogen (secondary N) is 1. The average molecular weight is 259 g/mol. The highest BCUT2D eigenvalue weighted by molar-refractivity contribution is 8.13. The van der Waals surface area contributed by atoms with Crippen LogP contribution < -0.4 is 0 Å². The van der Waals surface area contributed by atoms with Gasteiger partial charge in [0.05, 0.1) is 0 Å². The van der Waals surface area contributed by atoms with Crippen LogP contribution in [0.25, 0.3) is 0 Å². The molecule has 1 amide bonds. The van der Waals surface area contributed by atoms with Crippen LogP contribution in [-0.4, -0.2) is 58.6 Å². The van der Waals surface area contributed by atoms with E-state index in [0.717, 1.165) is 42.7 Å². The Morgan fingerprint density at radius 2 is 2.06 bits per heavy atom. The number of likely N-dealkylation sites (tertiary alicyclic amines) is 1. The lowest BCUT2D eigenvalue weighted by Gasteiger charge is -2.27. The number of hydrogen-bond donors (Lipinski definition) is 2. The van der Waals surface area contributed by atoms with Gasteiger partial charge in [-0.1, -0.05) is 18.2 Å². The lowest BCUT2D eigenvalue weighted by Crippen LogP contribution is -2.37. The number of rotatable bonds is 4. The van der Waals surface area contributed by atoms with Crippen LogP contribution in [0, 0.1) is 5.41 Å². The summed E-state index contributed by atoms with van der Waals surface area (Å²) in [6.07, 6.45) is 5.32. The molecule has 1 aliphatic heterocycles. The van der Waals surface area contributed by atoms with E-state index in [4.69, 9.17) is 10.5 Å². The number of thioether (sulfide) groups is 1. The summed E-state index contributed by atoms with van der Waals surface area (Å²) in [6, 6.07) is 0. The molecule has 0 unspecified atom stereocenters. The second-order valence-corrected chi connectivity index (χ2v) is 4.99. The van der Waals surface area contributed by atoms with E-state index in [0.29, 0.717) is 6.54 Å². The fourth-order valence-electron chi connectivity index (χ4n) is 2.03. The molecule has 0 radical (unpaired) electrons. The van der Waals surface area contributed by atoms with E-state index in [1.54, 1.807) is 6.26 Å². The van der Waals surface area contributed by atoms with Gasteiger partial charge in [-0.2, -0.15) is 0 Å². The molecule has 17 heavy (non-hydrogen) atoms. The predicted octanol–water partition coefficient (Wildman–Crippen LogP) is 2.14. The third kappa shape index (κ3) is 4.95. The van der Waals surface area contributed by atoms with Crippen molar-refractivity contribution < 1.29 is 9.90 Å². The van der Waals surface area contributed by atoms with Crippen molar-refractivity contribution in [3.8, 4) is 0 Å². The minimum atomic E-state index is -1.03. The largest absolute Gasteiger partial charge is 0.465 e. The van der Waals surface area contributed by atoms with E-state index in [1.165, 1.54) is 19.3 Å². The molecule has 0 aromatic carbocycles. The molecule has 0 aromatic rings. The van der Waals surface area contributed by atoms with Gasteiger partial charge in [0.25, 0.3) is 0 Å². The first kappa shape index (κ1) is 14.3. The monoisotopic (exact) mass is 259 g/mol. The molecule has 6 heteroatoms. The molecule has 0 bridgehead atoms. The molecule has 0 atom stereocenters. The maximum atomic E-state index is 10.9. The number of nitrogens with zero attached hydrogens (tertiary/aromatic N) is 2. The molecule has 98 valence electrons. The third-order valence-electron chi connectivity index (χ3n) is 2.97. The molecule has 0 spiro atoms. The predicted molar refractivity (Wildman–Crippen MR) is 70.9 cm³/mol. The molecule has 0 aromatic heterocycles. The molecular weight excluding hydrogens is 238 g/mol. The summed E-state index contributed by atoms with van der Waals surface area (Å²) in [5.74, 6) is 0. The Morgan fingerprint density at radius 1 is 1.41 bits per heavy atom. The van der Waals surface area contributed by atoms with Gasteiger partial charge < -0.3 is 10.0 Å². The summed E-state index contributed by atoms with van der Waals surface area (Å²) >= 11 is 1.16. The first-order valence-electron chi connectivity index (χ1n) is 6.00. The van der Waals surface area contributed by atoms with E-state index in [1.807, 2.05) is 0 Å². The number of piperidine rings is 1. The van der Waals surface area contributed by atoms with Crippen molar-refractivity contribution in [3.05, 3.63) is 0 Å². The Kier molecular flexibility index (Phi) is 6.36. The molecule has 0 aliphatic carbocycles. The molecular formula is C11H21N3O2S. The summed E-state index contributed by atoms with van der Waals surface area (Å²) in [4.78, 5) is 14.4. The van der Waals surface area contributed by atoms with Gasteiger partial charge in [-0.25, -0.2) is 4.79 Å². The summed E-state index contributed by atoms with van der Waals surface area (Å²) in [5.41, 5.74) is 0. The molecule has 1 rings (SSSR count). The van der Waals surface area contributed by atoms with Gasteiger partial charge in [-0.15, -0.1) is 0 Å². The lowest BCUT2D eigenvalue weighted by atomic mass is 10.1. The van der Waals surface area contributed by atoms with Crippen molar-refractivity contribution in [3.63, 3.8) is 0 Å². The van der Waals surface area contributed by atoms with E-state index in [2.05, 4.69) is 4.90 Å². The first-order valence-corrected chi connectivity index (χ1v) is 7.23. The van der Waals surface area contributed by atoms with E-state index < -0.39 is 6.09 Å². The van der Waals surface area contributed by atoms with E-state index >= 15 is 0 Å². The number of hydrogen-bond acceptors (Lipinski definition) is 4. The molecule has 1 aliphatic rings. The maximum absolute atomic E-state index is 10.9. The highest BCUT2D eigenvalue weighted by atomic mass is 32.2. The Labute approximate surface area is 107 Å². The van der Waals surface area contributed by atoms with Crippen molar-refractivity contribution in [1.29, 1.82) is 5.41 Å². The zero-order chi connectivity index (χ0) is 12.7. The first-order chi connectivity index (χ1) is 8.15. The minimum Gasteiger partial charge on any atom is -0.465 e. The fourth-order valence-corrected chi connectivity index (χ4v) is 2.42. The molecule has 1 saturated heterocycles. The van der Waals surface area contributed by atoms with Crippen LogP contribution >= 0.6 is 11.8 Å². The average Bonchev–Trinajstić information content (AvgIpc) is 2.34. The van der Waals surface area contributed by atoms with Crippen LogP contribution in [0.3, 0.4) is 0 Å². The minimum absolute atomic E-state index is 0.108. The van der Waals surface area contributed by atoms with Crippen molar-refractivity contribution >= 4 is 23.0 Å². The van der Waals surface area contributed by atoms with Crippen molar-refractivity contribution in [2.24, 2.45) is 0 Å². The van der Waals surface area contributed by atoms with Gasteiger partial charge in [0.1, 0.15) is 0 Å². The van der Waals surface area contributed by atoms with Gasteiger partial charge in [-0.3, -0.25) is 10.3 Å². The van der Waals surface area contributed by atoms with Crippen molar-refractivity contribution in [2.45, 2.75) is 25.7 Å². The Balaban J connectivity index is 2.26. The fraction of sp³-hybridized carbons (Fsp3) is 0.818.